The van der Waals surface area contributed by atoms with Crippen molar-refractivity contribution in [1.29, 1.82) is 0 Å². The molecule has 0 aromatic rings. The second kappa shape index (κ2) is 11.7. The molecule has 0 aliphatic heterocycles. The van der Waals surface area contributed by atoms with Gasteiger partial charge in [-0.2, -0.15) is 0 Å². The zero-order valence-corrected chi connectivity index (χ0v) is 23.5. The Kier molecular flexibility index (Phi) is 10.1. The summed E-state index contributed by atoms with van der Waals surface area (Å²) >= 11 is 0. The molecular formula is C28H52O3Si. The Morgan fingerprint density at radius 1 is 1.19 bits per heavy atom. The van der Waals surface area contributed by atoms with Crippen LogP contribution in [-0.4, -0.2) is 26.5 Å². The molecule has 186 valence electrons. The van der Waals surface area contributed by atoms with E-state index in [0.717, 1.165) is 24.7 Å². The van der Waals surface area contributed by atoms with Crippen LogP contribution in [0.5, 0.6) is 0 Å². The van der Waals surface area contributed by atoms with Gasteiger partial charge in [-0.3, -0.25) is 0 Å². The monoisotopic (exact) mass is 464 g/mol. The predicted molar refractivity (Wildman–Crippen MR) is 138 cm³/mol. The molecule has 0 spiro atoms. The molecule has 4 heteroatoms. The lowest BCUT2D eigenvalue weighted by atomic mass is 9.60. The maximum absolute atomic E-state index is 12.1. The van der Waals surface area contributed by atoms with E-state index < -0.39 is 8.32 Å². The molecule has 2 rings (SSSR count). The number of carbonyl (C=O) groups is 1. The van der Waals surface area contributed by atoms with Gasteiger partial charge in [0.1, 0.15) is 0 Å². The fraction of sp³-hybridized carbons (Fsp3) is 0.893. The van der Waals surface area contributed by atoms with Crippen LogP contribution in [-0.2, 0) is 14.0 Å². The van der Waals surface area contributed by atoms with Crippen LogP contribution in [0.15, 0.2) is 11.6 Å². The Bertz CT molecular complexity index is 628. The van der Waals surface area contributed by atoms with Crippen molar-refractivity contribution in [1.82, 2.24) is 0 Å². The minimum Gasteiger partial charge on any atom is -0.463 e. The van der Waals surface area contributed by atoms with E-state index in [0.29, 0.717) is 17.9 Å². The standard InChI is InChI=1S/C28H52O3Si/c1-9-30-26(29)21-23-16-14-20-28(8)24(17-18-25(23)28)22(5)15-13-19-27(6,7)31-32(10-2,11-3)12-4/h21-22,24-25H,9-20H2,1-8H3/b23-21+/t22-,24+,25-,28+/m0/s1. The maximum Gasteiger partial charge on any atom is 0.330 e. The van der Waals surface area contributed by atoms with Crippen LogP contribution < -0.4 is 0 Å². The summed E-state index contributed by atoms with van der Waals surface area (Å²) in [5.41, 5.74) is 1.70. The van der Waals surface area contributed by atoms with Crippen LogP contribution in [0.3, 0.4) is 0 Å². The van der Waals surface area contributed by atoms with Crippen LogP contribution in [0.4, 0.5) is 0 Å². The summed E-state index contributed by atoms with van der Waals surface area (Å²) in [6, 6.07) is 3.68. The summed E-state index contributed by atoms with van der Waals surface area (Å²) in [5, 5.41) is 0. The van der Waals surface area contributed by atoms with E-state index in [4.69, 9.17) is 9.16 Å². The summed E-state index contributed by atoms with van der Waals surface area (Å²) in [7, 11) is -1.56. The summed E-state index contributed by atoms with van der Waals surface area (Å²) < 4.78 is 12.1. The fourth-order valence-electron chi connectivity index (χ4n) is 7.18. The lowest BCUT2D eigenvalue weighted by molar-refractivity contribution is -0.137. The van der Waals surface area contributed by atoms with Crippen LogP contribution in [0.25, 0.3) is 0 Å². The lowest BCUT2D eigenvalue weighted by Gasteiger charge is -2.44. The number of allylic oxidation sites excluding steroid dienone is 1. The Hall–Kier alpha value is -0.613. The SMILES string of the molecule is CCOC(=O)/C=C1\CCC[C@]2(C)[C@@H]([C@@H](C)CCCC(C)(C)O[Si](CC)(CC)CC)CC[C@@H]12. The van der Waals surface area contributed by atoms with E-state index in [1.165, 1.54) is 62.2 Å². The van der Waals surface area contributed by atoms with E-state index in [9.17, 15) is 4.79 Å². The summed E-state index contributed by atoms with van der Waals surface area (Å²) in [5.74, 6) is 1.92. The molecule has 0 aromatic carbocycles. The van der Waals surface area contributed by atoms with Crippen molar-refractivity contribution in [2.45, 2.75) is 130 Å². The summed E-state index contributed by atoms with van der Waals surface area (Å²) in [4.78, 5) is 12.1. The van der Waals surface area contributed by atoms with Gasteiger partial charge in [0.15, 0.2) is 8.32 Å². The molecule has 0 aromatic heterocycles. The van der Waals surface area contributed by atoms with Gasteiger partial charge in [-0.1, -0.05) is 53.0 Å². The first-order valence-electron chi connectivity index (χ1n) is 13.6. The average molecular weight is 465 g/mol. The van der Waals surface area contributed by atoms with E-state index in [1.807, 2.05) is 13.0 Å². The van der Waals surface area contributed by atoms with Gasteiger partial charge in [-0.15, -0.1) is 0 Å². The van der Waals surface area contributed by atoms with Crippen molar-refractivity contribution < 1.29 is 14.0 Å². The second-order valence-electron chi connectivity index (χ2n) is 11.5. The minimum atomic E-state index is -1.56. The molecule has 2 aliphatic carbocycles. The fourth-order valence-corrected chi connectivity index (χ4v) is 10.4. The first kappa shape index (κ1) is 27.6. The number of carbonyl (C=O) groups excluding carboxylic acids is 1. The smallest absolute Gasteiger partial charge is 0.330 e. The Morgan fingerprint density at radius 2 is 1.84 bits per heavy atom. The van der Waals surface area contributed by atoms with Gasteiger partial charge >= 0.3 is 5.97 Å². The highest BCUT2D eigenvalue weighted by Gasteiger charge is 2.50. The van der Waals surface area contributed by atoms with Crippen molar-refractivity contribution in [2.24, 2.45) is 23.2 Å². The quantitative estimate of drug-likeness (QED) is 0.165. The third-order valence-corrected chi connectivity index (χ3v) is 14.0. The van der Waals surface area contributed by atoms with Crippen molar-refractivity contribution in [2.75, 3.05) is 6.61 Å². The third kappa shape index (κ3) is 6.49. The molecule has 0 bridgehead atoms. The van der Waals surface area contributed by atoms with E-state index in [2.05, 4.69) is 48.5 Å². The largest absolute Gasteiger partial charge is 0.463 e. The van der Waals surface area contributed by atoms with Crippen molar-refractivity contribution in [3.8, 4) is 0 Å². The van der Waals surface area contributed by atoms with Gasteiger partial charge in [0.2, 0.25) is 0 Å². The zero-order chi connectivity index (χ0) is 24.0. The molecule has 0 unspecified atom stereocenters. The zero-order valence-electron chi connectivity index (χ0n) is 22.5. The van der Waals surface area contributed by atoms with E-state index in [1.54, 1.807) is 0 Å². The highest BCUT2D eigenvalue weighted by molar-refractivity contribution is 6.73. The highest BCUT2D eigenvalue weighted by Crippen LogP contribution is 2.59. The Balaban J connectivity index is 1.96. The van der Waals surface area contributed by atoms with Gasteiger partial charge < -0.3 is 9.16 Å². The van der Waals surface area contributed by atoms with Crippen LogP contribution in [0, 0.1) is 23.2 Å². The van der Waals surface area contributed by atoms with Crippen molar-refractivity contribution >= 4 is 14.3 Å². The molecule has 2 aliphatic rings. The van der Waals surface area contributed by atoms with E-state index >= 15 is 0 Å². The number of fused-ring (bicyclic) bond motifs is 1. The molecule has 3 nitrogen and oxygen atoms in total. The molecule has 2 saturated carbocycles. The number of rotatable bonds is 12. The van der Waals surface area contributed by atoms with Crippen LogP contribution >= 0.6 is 0 Å². The van der Waals surface area contributed by atoms with Gasteiger partial charge in [-0.05, 0) is 101 Å². The highest BCUT2D eigenvalue weighted by atomic mass is 28.4. The molecular weight excluding hydrogens is 412 g/mol. The molecule has 0 N–H and O–H groups in total. The van der Waals surface area contributed by atoms with Crippen LogP contribution in [0.2, 0.25) is 18.1 Å². The Morgan fingerprint density at radius 3 is 2.44 bits per heavy atom. The van der Waals surface area contributed by atoms with Crippen molar-refractivity contribution in [3.05, 3.63) is 11.6 Å². The number of hydrogen-bond acceptors (Lipinski definition) is 3. The lowest BCUT2D eigenvalue weighted by Crippen LogP contribution is -2.44. The number of esters is 1. The first-order valence-corrected chi connectivity index (χ1v) is 16.2. The number of ether oxygens (including phenoxy) is 1. The second-order valence-corrected chi connectivity index (χ2v) is 16.2. The third-order valence-electron chi connectivity index (χ3n) is 9.18. The first-order chi connectivity index (χ1) is 15.1. The molecule has 0 heterocycles. The molecule has 0 saturated heterocycles. The molecule has 32 heavy (non-hydrogen) atoms. The Labute approximate surface area is 200 Å². The van der Waals surface area contributed by atoms with Gasteiger partial charge in [-0.25, -0.2) is 4.79 Å². The topological polar surface area (TPSA) is 35.5 Å². The van der Waals surface area contributed by atoms with Gasteiger partial charge in [0.25, 0.3) is 0 Å². The number of hydrogen-bond donors (Lipinski definition) is 0. The maximum atomic E-state index is 12.1. The molecule has 2 fully saturated rings. The van der Waals surface area contributed by atoms with Crippen LogP contribution in [0.1, 0.15) is 107 Å². The molecule has 0 amide bonds. The minimum absolute atomic E-state index is 0.00350. The normalized spacial score (nSPS) is 28.6. The summed E-state index contributed by atoms with van der Waals surface area (Å²) in [6.07, 6.45) is 11.7. The van der Waals surface area contributed by atoms with Gasteiger partial charge in [0.05, 0.1) is 12.2 Å². The molecule has 4 atom stereocenters. The van der Waals surface area contributed by atoms with Crippen molar-refractivity contribution in [3.63, 3.8) is 0 Å². The van der Waals surface area contributed by atoms with E-state index in [-0.39, 0.29) is 11.6 Å². The molecule has 0 radical (unpaired) electrons. The summed E-state index contributed by atoms with van der Waals surface area (Å²) in [6.45, 7) is 19.0. The average Bonchev–Trinajstić information content (AvgIpc) is 3.10. The predicted octanol–water partition coefficient (Wildman–Crippen LogP) is 8.30. The van der Waals surface area contributed by atoms with Gasteiger partial charge in [0, 0.05) is 6.08 Å².